The molecule has 16 heavy (non-hydrogen) atoms. The normalized spacial score (nSPS) is 10.8. The summed E-state index contributed by atoms with van der Waals surface area (Å²) >= 11 is 0. The molecule has 0 spiro atoms. The summed E-state index contributed by atoms with van der Waals surface area (Å²) in [7, 11) is 0. The number of rotatable bonds is 2. The molecule has 1 heteroatoms. The fourth-order valence-electron chi connectivity index (χ4n) is 1.52. The third-order valence-electron chi connectivity index (χ3n) is 2.57. The van der Waals surface area contributed by atoms with E-state index in [9.17, 15) is 0 Å². The number of hydrogen-bond donors (Lipinski definition) is 1. The predicted octanol–water partition coefficient (Wildman–Crippen LogP) is 3.75. The van der Waals surface area contributed by atoms with Gasteiger partial charge in [-0.3, -0.25) is 0 Å². The second-order valence-corrected chi connectivity index (χ2v) is 3.86. The van der Waals surface area contributed by atoms with Gasteiger partial charge in [0.2, 0.25) is 0 Å². The lowest BCUT2D eigenvalue weighted by atomic mass is 10.1. The highest BCUT2D eigenvalue weighted by molar-refractivity contribution is 5.71. The SMILES string of the molecule is Cc1ccc(C=Cc2ccccc2)cc1N. The summed E-state index contributed by atoms with van der Waals surface area (Å²) < 4.78 is 0. The van der Waals surface area contributed by atoms with Crippen LogP contribution in [0.15, 0.2) is 48.5 Å². The number of hydrogen-bond acceptors (Lipinski definition) is 1. The number of benzene rings is 2. The van der Waals surface area contributed by atoms with Crippen molar-refractivity contribution in [3.05, 3.63) is 65.2 Å². The van der Waals surface area contributed by atoms with Crippen molar-refractivity contribution >= 4 is 17.8 Å². The van der Waals surface area contributed by atoms with Crippen LogP contribution >= 0.6 is 0 Å². The summed E-state index contributed by atoms with van der Waals surface area (Å²) in [6.45, 7) is 2.01. The molecule has 0 unspecified atom stereocenters. The maximum Gasteiger partial charge on any atom is 0.0349 e. The number of aryl methyl sites for hydroxylation is 1. The molecule has 0 amide bonds. The quantitative estimate of drug-likeness (QED) is 0.591. The molecular weight excluding hydrogens is 194 g/mol. The van der Waals surface area contributed by atoms with Gasteiger partial charge in [-0.25, -0.2) is 0 Å². The molecule has 0 atom stereocenters. The molecule has 0 saturated carbocycles. The second-order valence-electron chi connectivity index (χ2n) is 3.86. The third-order valence-corrected chi connectivity index (χ3v) is 2.57. The van der Waals surface area contributed by atoms with Crippen LogP contribution < -0.4 is 5.73 Å². The molecule has 80 valence electrons. The fraction of sp³-hybridized carbons (Fsp3) is 0.0667. The van der Waals surface area contributed by atoms with Gasteiger partial charge >= 0.3 is 0 Å². The van der Waals surface area contributed by atoms with Crippen molar-refractivity contribution in [3.63, 3.8) is 0 Å². The van der Waals surface area contributed by atoms with Gasteiger partial charge in [-0.05, 0) is 29.7 Å². The van der Waals surface area contributed by atoms with Gasteiger partial charge in [0.15, 0.2) is 0 Å². The van der Waals surface area contributed by atoms with Crippen molar-refractivity contribution < 1.29 is 0 Å². The van der Waals surface area contributed by atoms with E-state index in [1.54, 1.807) is 0 Å². The molecule has 0 aliphatic carbocycles. The van der Waals surface area contributed by atoms with E-state index in [1.807, 2.05) is 37.3 Å². The van der Waals surface area contributed by atoms with Gasteiger partial charge in [-0.1, -0.05) is 54.6 Å². The topological polar surface area (TPSA) is 26.0 Å². The average molecular weight is 209 g/mol. The molecule has 0 aromatic heterocycles. The number of nitrogen functional groups attached to an aromatic ring is 1. The Hall–Kier alpha value is -2.02. The lowest BCUT2D eigenvalue weighted by Gasteiger charge is -2.00. The van der Waals surface area contributed by atoms with E-state index in [2.05, 4.69) is 30.4 Å². The van der Waals surface area contributed by atoms with E-state index in [-0.39, 0.29) is 0 Å². The van der Waals surface area contributed by atoms with Gasteiger partial charge < -0.3 is 5.73 Å². The molecule has 2 N–H and O–H groups in total. The van der Waals surface area contributed by atoms with Crippen molar-refractivity contribution in [3.8, 4) is 0 Å². The highest BCUT2D eigenvalue weighted by Crippen LogP contribution is 2.15. The lowest BCUT2D eigenvalue weighted by molar-refractivity contribution is 1.46. The number of nitrogens with two attached hydrogens (primary N) is 1. The zero-order chi connectivity index (χ0) is 11.4. The molecule has 0 fully saturated rings. The largest absolute Gasteiger partial charge is 0.398 e. The first kappa shape index (κ1) is 10.5. The van der Waals surface area contributed by atoms with E-state index in [0.717, 1.165) is 16.8 Å². The summed E-state index contributed by atoms with van der Waals surface area (Å²) in [5.41, 5.74) is 10.1. The molecule has 0 saturated heterocycles. The maximum atomic E-state index is 5.86. The lowest BCUT2D eigenvalue weighted by Crippen LogP contribution is -1.89. The van der Waals surface area contributed by atoms with E-state index in [1.165, 1.54) is 5.56 Å². The summed E-state index contributed by atoms with van der Waals surface area (Å²) in [5.74, 6) is 0. The van der Waals surface area contributed by atoms with Gasteiger partial charge in [0.1, 0.15) is 0 Å². The van der Waals surface area contributed by atoms with E-state index < -0.39 is 0 Å². The minimum atomic E-state index is 0.843. The van der Waals surface area contributed by atoms with Crippen molar-refractivity contribution in [2.24, 2.45) is 0 Å². The van der Waals surface area contributed by atoms with Gasteiger partial charge in [0.25, 0.3) is 0 Å². The molecule has 0 radical (unpaired) electrons. The van der Waals surface area contributed by atoms with Crippen LogP contribution in [-0.2, 0) is 0 Å². The zero-order valence-corrected chi connectivity index (χ0v) is 9.35. The fourth-order valence-corrected chi connectivity index (χ4v) is 1.52. The maximum absolute atomic E-state index is 5.86. The summed E-state index contributed by atoms with van der Waals surface area (Å²) in [4.78, 5) is 0. The van der Waals surface area contributed by atoms with Crippen molar-refractivity contribution in [1.29, 1.82) is 0 Å². The average Bonchev–Trinajstić information content (AvgIpc) is 2.32. The minimum Gasteiger partial charge on any atom is -0.398 e. The third kappa shape index (κ3) is 2.51. The van der Waals surface area contributed by atoms with Crippen LogP contribution in [0.5, 0.6) is 0 Å². The molecule has 2 rings (SSSR count). The Balaban J connectivity index is 2.21. The standard InChI is InChI=1S/C15H15N/c1-12-7-8-14(11-15(12)16)10-9-13-5-3-2-4-6-13/h2-11H,16H2,1H3. The molecule has 1 nitrogen and oxygen atoms in total. The monoisotopic (exact) mass is 209 g/mol. The van der Waals surface area contributed by atoms with Crippen LogP contribution in [0, 0.1) is 6.92 Å². The first-order chi connectivity index (χ1) is 7.75. The van der Waals surface area contributed by atoms with E-state index in [0.29, 0.717) is 0 Å². The van der Waals surface area contributed by atoms with Gasteiger partial charge in [-0.2, -0.15) is 0 Å². The van der Waals surface area contributed by atoms with Crippen molar-refractivity contribution in [1.82, 2.24) is 0 Å². The van der Waals surface area contributed by atoms with Gasteiger partial charge in [0.05, 0.1) is 0 Å². The van der Waals surface area contributed by atoms with Gasteiger partial charge in [0, 0.05) is 5.69 Å². The first-order valence-electron chi connectivity index (χ1n) is 5.35. The van der Waals surface area contributed by atoms with E-state index >= 15 is 0 Å². The minimum absolute atomic E-state index is 0.843. The summed E-state index contributed by atoms with van der Waals surface area (Å²) in [6.07, 6.45) is 4.16. The van der Waals surface area contributed by atoms with Gasteiger partial charge in [-0.15, -0.1) is 0 Å². The highest BCUT2D eigenvalue weighted by atomic mass is 14.5. The van der Waals surface area contributed by atoms with Crippen molar-refractivity contribution in [2.75, 3.05) is 5.73 Å². The van der Waals surface area contributed by atoms with Crippen LogP contribution in [-0.4, -0.2) is 0 Å². The van der Waals surface area contributed by atoms with E-state index in [4.69, 9.17) is 5.73 Å². The Kier molecular flexibility index (Phi) is 3.06. The first-order valence-corrected chi connectivity index (χ1v) is 5.35. The Morgan fingerprint density at radius 1 is 0.875 bits per heavy atom. The predicted molar refractivity (Wildman–Crippen MR) is 71.0 cm³/mol. The van der Waals surface area contributed by atoms with Crippen LogP contribution in [0.4, 0.5) is 5.69 Å². The highest BCUT2D eigenvalue weighted by Gasteiger charge is 1.93. The Labute approximate surface area is 96.2 Å². The Morgan fingerprint density at radius 2 is 1.56 bits per heavy atom. The Morgan fingerprint density at radius 3 is 2.25 bits per heavy atom. The van der Waals surface area contributed by atoms with Crippen LogP contribution in [0.25, 0.3) is 12.2 Å². The van der Waals surface area contributed by atoms with Crippen LogP contribution in [0.2, 0.25) is 0 Å². The molecule has 2 aromatic rings. The van der Waals surface area contributed by atoms with Crippen LogP contribution in [0.1, 0.15) is 16.7 Å². The second kappa shape index (κ2) is 4.67. The Bertz CT molecular complexity index is 498. The summed E-state index contributed by atoms with van der Waals surface area (Å²) in [5, 5.41) is 0. The molecule has 0 aliphatic rings. The smallest absolute Gasteiger partial charge is 0.0349 e. The number of anilines is 1. The zero-order valence-electron chi connectivity index (χ0n) is 9.35. The van der Waals surface area contributed by atoms with Crippen LogP contribution in [0.3, 0.4) is 0 Å². The summed E-state index contributed by atoms with van der Waals surface area (Å²) in [6, 6.07) is 16.3. The van der Waals surface area contributed by atoms with Crippen molar-refractivity contribution in [2.45, 2.75) is 6.92 Å². The molecular formula is C15H15N. The molecule has 2 aromatic carbocycles. The molecule has 0 bridgehead atoms. The molecule has 0 heterocycles. The molecule has 0 aliphatic heterocycles.